The fourth-order valence-electron chi connectivity index (χ4n) is 0.904. The molecule has 10 N–H and O–H groups in total. The quantitative estimate of drug-likeness (QED) is 0.0987. The molecule has 0 aliphatic carbocycles. The van der Waals surface area contributed by atoms with Crippen molar-refractivity contribution >= 4 is 13.8 Å². The smallest absolute Gasteiger partial charge is 0.469 e. The molecule has 0 aromatic carbocycles. The van der Waals surface area contributed by atoms with E-state index in [1.54, 1.807) is 0 Å². The Hall–Kier alpha value is 0.858. The molecule has 17 heteroatoms. The molecule has 0 aliphatic heterocycles. The van der Waals surface area contributed by atoms with E-state index in [-0.39, 0.29) is 51.2 Å². The number of phosphoric ester groups is 1. The van der Waals surface area contributed by atoms with Crippen LogP contribution < -0.4 is 0 Å². The largest absolute Gasteiger partial charge is 0.479 e. The second-order valence-electron chi connectivity index (χ2n) is 4.14. The number of carboxylic acids is 1. The number of hydrogen-bond donors (Lipinski definition) is 10. The number of phosphoric acid groups is 1. The summed E-state index contributed by atoms with van der Waals surface area (Å²) < 4.78 is 13.8. The molecule has 0 rings (SSSR count). The van der Waals surface area contributed by atoms with Crippen LogP contribution in [0.25, 0.3) is 0 Å². The van der Waals surface area contributed by atoms with Gasteiger partial charge in [0.1, 0.15) is 24.4 Å². The standard InChI is InChI=1S/C6H12O7.C3H9O6P.3Mn/c7-1-2(8)3(9)4(10)5(11)6(12)13;4-1-3(5)2-9-10(6,7)8;;;/h2-5,7-11H,1H2,(H,12,13);3-5H,1-2H2,(H2,6,7,8);;;/t2-,3-,4+,5-;;;;/m1..../s1. The molecule has 161 valence electrons. The number of hydrogen-bond acceptors (Lipinski definition) is 10. The fourth-order valence-corrected chi connectivity index (χ4v) is 1.27. The Kier molecular flexibility index (Phi) is 27.7. The number of rotatable bonds is 9. The van der Waals surface area contributed by atoms with E-state index in [1.807, 2.05) is 0 Å². The molecule has 0 fully saturated rings. The SMILES string of the molecule is O=C(O)[C@H](O)[C@@H](O)[C@H](O)[C@H](O)CO.O=P(O)(O)OCC(O)CO.[Mn].[Mn].[Mn]. The first-order chi connectivity index (χ1) is 10.4. The van der Waals surface area contributed by atoms with Crippen molar-refractivity contribution in [1.82, 2.24) is 0 Å². The summed E-state index contributed by atoms with van der Waals surface area (Å²) >= 11 is 0. The Morgan fingerprint density at radius 2 is 1.31 bits per heavy atom. The predicted molar refractivity (Wildman–Crippen MR) is 69.8 cm³/mol. The molecule has 13 nitrogen and oxygen atoms in total. The molecule has 26 heavy (non-hydrogen) atoms. The number of aliphatic carboxylic acids is 1. The van der Waals surface area contributed by atoms with E-state index < -0.39 is 64.1 Å². The molecule has 0 aromatic heterocycles. The van der Waals surface area contributed by atoms with Crippen LogP contribution in [0.2, 0.25) is 0 Å². The van der Waals surface area contributed by atoms with Crippen molar-refractivity contribution in [2.45, 2.75) is 30.5 Å². The molecule has 0 amide bonds. The van der Waals surface area contributed by atoms with Gasteiger partial charge in [-0.2, -0.15) is 0 Å². The van der Waals surface area contributed by atoms with E-state index in [4.69, 9.17) is 50.6 Å². The van der Waals surface area contributed by atoms with Crippen LogP contribution in [0.4, 0.5) is 0 Å². The molecule has 0 spiro atoms. The third kappa shape index (κ3) is 19.6. The van der Waals surface area contributed by atoms with Crippen molar-refractivity contribution < 1.29 is 116 Å². The number of aliphatic hydroxyl groups is 7. The number of carbonyl (C=O) groups is 1. The Morgan fingerprint density at radius 1 is 0.885 bits per heavy atom. The van der Waals surface area contributed by atoms with E-state index in [0.717, 1.165) is 0 Å². The summed E-state index contributed by atoms with van der Waals surface area (Å²) in [5, 5.41) is 68.5. The van der Waals surface area contributed by atoms with Gasteiger partial charge in [-0.3, -0.25) is 4.52 Å². The van der Waals surface area contributed by atoms with Gasteiger partial charge in [-0.25, -0.2) is 9.36 Å². The van der Waals surface area contributed by atoms with Crippen LogP contribution in [0.3, 0.4) is 0 Å². The van der Waals surface area contributed by atoms with Gasteiger partial charge in [-0.1, -0.05) is 0 Å². The molecule has 5 atom stereocenters. The fraction of sp³-hybridized carbons (Fsp3) is 0.889. The summed E-state index contributed by atoms with van der Waals surface area (Å²) in [6.07, 6.45) is -9.08. The molecule has 0 heterocycles. The Bertz CT molecular complexity index is 384. The van der Waals surface area contributed by atoms with Gasteiger partial charge in [0.25, 0.3) is 0 Å². The zero-order chi connectivity index (χ0) is 18.8. The van der Waals surface area contributed by atoms with E-state index >= 15 is 0 Å². The van der Waals surface area contributed by atoms with Gasteiger partial charge in [0.2, 0.25) is 0 Å². The van der Waals surface area contributed by atoms with E-state index in [9.17, 15) is 9.36 Å². The molecule has 0 saturated heterocycles. The van der Waals surface area contributed by atoms with Crippen LogP contribution in [0.15, 0.2) is 0 Å². The molecular formula is C9H21Mn3O13P. The third-order valence-electron chi connectivity index (χ3n) is 2.15. The van der Waals surface area contributed by atoms with Gasteiger partial charge in [0, 0.05) is 51.2 Å². The summed E-state index contributed by atoms with van der Waals surface area (Å²) in [6.45, 7) is -1.99. The molecule has 0 bridgehead atoms. The first-order valence-corrected chi connectivity index (χ1v) is 7.45. The van der Waals surface area contributed by atoms with Crippen molar-refractivity contribution in [1.29, 1.82) is 0 Å². The minimum Gasteiger partial charge on any atom is -0.479 e. The average molecular weight is 533 g/mol. The van der Waals surface area contributed by atoms with E-state index in [1.165, 1.54) is 0 Å². The predicted octanol–water partition coefficient (Wildman–Crippen LogP) is -5.05. The van der Waals surface area contributed by atoms with Gasteiger partial charge >= 0.3 is 13.8 Å². The topological polar surface area (TPSA) is 246 Å². The van der Waals surface area contributed by atoms with Gasteiger partial charge in [-0.15, -0.1) is 0 Å². The van der Waals surface area contributed by atoms with Crippen molar-refractivity contribution in [2.24, 2.45) is 0 Å². The molecule has 0 aromatic rings. The maximum absolute atomic E-state index is 10.1. The van der Waals surface area contributed by atoms with Gasteiger partial charge in [0.15, 0.2) is 6.10 Å². The normalized spacial score (nSPS) is 16.0. The zero-order valence-corrected chi connectivity index (χ0v) is 17.2. The van der Waals surface area contributed by atoms with Crippen LogP contribution in [-0.2, 0) is 65.1 Å². The Balaban J connectivity index is -0.000000104. The summed E-state index contributed by atoms with van der Waals surface area (Å²) in [5.74, 6) is -1.73. The van der Waals surface area contributed by atoms with Crippen molar-refractivity contribution in [3.8, 4) is 0 Å². The Labute approximate surface area is 179 Å². The Morgan fingerprint density at radius 3 is 1.58 bits per heavy atom. The molecule has 3 radical (unpaired) electrons. The van der Waals surface area contributed by atoms with E-state index in [2.05, 4.69) is 4.52 Å². The molecule has 0 aliphatic rings. The minimum absolute atomic E-state index is 0. The summed E-state index contributed by atoms with van der Waals surface area (Å²) in [4.78, 5) is 26.2. The summed E-state index contributed by atoms with van der Waals surface area (Å²) in [6, 6.07) is 0. The maximum atomic E-state index is 10.1. The summed E-state index contributed by atoms with van der Waals surface area (Å²) in [5.41, 5.74) is 0. The first-order valence-electron chi connectivity index (χ1n) is 5.92. The first kappa shape index (κ1) is 37.6. The van der Waals surface area contributed by atoms with Gasteiger partial charge < -0.3 is 50.6 Å². The van der Waals surface area contributed by atoms with Crippen molar-refractivity contribution in [3.05, 3.63) is 0 Å². The van der Waals surface area contributed by atoms with Crippen molar-refractivity contribution in [3.63, 3.8) is 0 Å². The monoisotopic (exact) mass is 533 g/mol. The zero-order valence-electron chi connectivity index (χ0n) is 12.8. The third-order valence-corrected chi connectivity index (χ3v) is 2.64. The van der Waals surface area contributed by atoms with Crippen LogP contribution in [0.5, 0.6) is 0 Å². The maximum Gasteiger partial charge on any atom is 0.469 e. The minimum atomic E-state index is -4.50. The van der Waals surface area contributed by atoms with Crippen LogP contribution in [0, 0.1) is 0 Å². The second kappa shape index (κ2) is 19.2. The second-order valence-corrected chi connectivity index (χ2v) is 5.38. The van der Waals surface area contributed by atoms with E-state index in [0.29, 0.717) is 0 Å². The number of aliphatic hydroxyl groups excluding tert-OH is 7. The van der Waals surface area contributed by atoms with Crippen LogP contribution in [0.1, 0.15) is 0 Å². The number of carboxylic acid groups (broad SMARTS) is 1. The summed E-state index contributed by atoms with van der Waals surface area (Å²) in [7, 11) is -4.50. The molecular weight excluding hydrogens is 512 g/mol. The van der Waals surface area contributed by atoms with Crippen LogP contribution >= 0.6 is 7.82 Å². The average Bonchev–Trinajstić information content (AvgIpc) is 2.49. The van der Waals surface area contributed by atoms with Crippen LogP contribution in [-0.4, -0.2) is 107 Å². The molecule has 0 saturated carbocycles. The van der Waals surface area contributed by atoms with Gasteiger partial charge in [-0.05, 0) is 0 Å². The van der Waals surface area contributed by atoms with Gasteiger partial charge in [0.05, 0.1) is 19.8 Å². The van der Waals surface area contributed by atoms with Crippen molar-refractivity contribution in [2.75, 3.05) is 19.8 Å². The molecule has 1 unspecified atom stereocenters.